The Hall–Kier alpha value is -3.61. The molecule has 0 aliphatic carbocycles. The molecule has 0 aliphatic rings. The van der Waals surface area contributed by atoms with Gasteiger partial charge in [0.1, 0.15) is 23.1 Å². The van der Waals surface area contributed by atoms with Gasteiger partial charge in [0.15, 0.2) is 6.61 Å². The van der Waals surface area contributed by atoms with Crippen LogP contribution in [0.4, 0.5) is 4.39 Å². The molecule has 7 heteroatoms. The normalized spacial score (nSPS) is 12.1. The number of amides is 1. The lowest BCUT2D eigenvalue weighted by atomic mass is 10.1. The Labute approximate surface area is 160 Å². The minimum absolute atomic E-state index is 0.326. The van der Waals surface area contributed by atoms with Gasteiger partial charge in [-0.3, -0.25) is 4.79 Å². The van der Waals surface area contributed by atoms with Crippen LogP contribution >= 0.6 is 0 Å². The van der Waals surface area contributed by atoms with Crippen molar-refractivity contribution in [2.75, 3.05) is 6.61 Å². The van der Waals surface area contributed by atoms with Gasteiger partial charge in [-0.05, 0) is 49.4 Å². The average molecular weight is 383 g/mol. The SMILES string of the molecule is C[C@@H](NC(=O)COC(=O)/C=C/c1ccc(-c2ccccc2F)o1)c1ccco1. The van der Waals surface area contributed by atoms with E-state index in [1.54, 1.807) is 49.4 Å². The lowest BCUT2D eigenvalue weighted by Gasteiger charge is -2.10. The van der Waals surface area contributed by atoms with Gasteiger partial charge in [0.2, 0.25) is 0 Å². The summed E-state index contributed by atoms with van der Waals surface area (Å²) in [7, 11) is 0. The van der Waals surface area contributed by atoms with Gasteiger partial charge >= 0.3 is 5.97 Å². The molecule has 28 heavy (non-hydrogen) atoms. The van der Waals surface area contributed by atoms with Crippen LogP contribution in [0.15, 0.2) is 69.7 Å². The van der Waals surface area contributed by atoms with Crippen molar-refractivity contribution in [3.63, 3.8) is 0 Å². The number of halogens is 1. The maximum atomic E-state index is 13.8. The lowest BCUT2D eigenvalue weighted by molar-refractivity contribution is -0.144. The molecule has 3 rings (SSSR count). The van der Waals surface area contributed by atoms with E-state index in [-0.39, 0.29) is 6.04 Å². The first-order valence-corrected chi connectivity index (χ1v) is 8.55. The molecule has 6 nitrogen and oxygen atoms in total. The summed E-state index contributed by atoms with van der Waals surface area (Å²) in [6.45, 7) is 1.33. The van der Waals surface area contributed by atoms with E-state index in [9.17, 15) is 14.0 Å². The number of benzene rings is 1. The van der Waals surface area contributed by atoms with Gasteiger partial charge in [-0.15, -0.1) is 0 Å². The largest absolute Gasteiger partial charge is 0.467 e. The van der Waals surface area contributed by atoms with E-state index < -0.39 is 24.3 Å². The molecule has 0 bridgehead atoms. The summed E-state index contributed by atoms with van der Waals surface area (Å²) >= 11 is 0. The van der Waals surface area contributed by atoms with Gasteiger partial charge in [0.05, 0.1) is 17.9 Å². The van der Waals surface area contributed by atoms with E-state index in [0.717, 1.165) is 6.08 Å². The molecule has 1 aromatic carbocycles. The number of hydrogen-bond acceptors (Lipinski definition) is 5. The van der Waals surface area contributed by atoms with Gasteiger partial charge in [-0.25, -0.2) is 9.18 Å². The monoisotopic (exact) mass is 383 g/mol. The Bertz CT molecular complexity index is 974. The number of esters is 1. The highest BCUT2D eigenvalue weighted by molar-refractivity contribution is 5.89. The molecule has 0 fully saturated rings. The molecule has 0 saturated heterocycles. The second-order valence-corrected chi connectivity index (χ2v) is 5.93. The van der Waals surface area contributed by atoms with Crippen LogP contribution in [0.3, 0.4) is 0 Å². The molecule has 1 atom stereocenters. The van der Waals surface area contributed by atoms with E-state index in [2.05, 4.69) is 5.32 Å². The summed E-state index contributed by atoms with van der Waals surface area (Å²) < 4.78 is 29.3. The van der Waals surface area contributed by atoms with E-state index in [1.807, 2.05) is 0 Å². The van der Waals surface area contributed by atoms with Crippen LogP contribution in [0.25, 0.3) is 17.4 Å². The van der Waals surface area contributed by atoms with Gasteiger partial charge in [0.25, 0.3) is 5.91 Å². The maximum Gasteiger partial charge on any atom is 0.331 e. The molecular weight excluding hydrogens is 365 g/mol. The zero-order valence-corrected chi connectivity index (χ0v) is 15.1. The van der Waals surface area contributed by atoms with Crippen molar-refractivity contribution >= 4 is 18.0 Å². The zero-order valence-electron chi connectivity index (χ0n) is 15.1. The van der Waals surface area contributed by atoms with Gasteiger partial charge in [0, 0.05) is 6.08 Å². The van der Waals surface area contributed by atoms with Crippen LogP contribution in [0.5, 0.6) is 0 Å². The Balaban J connectivity index is 1.49. The fraction of sp³-hybridized carbons (Fsp3) is 0.143. The molecule has 0 saturated carbocycles. The molecule has 0 aliphatic heterocycles. The number of rotatable bonds is 7. The van der Waals surface area contributed by atoms with Crippen LogP contribution in [0.1, 0.15) is 24.5 Å². The summed E-state index contributed by atoms with van der Waals surface area (Å²) in [4.78, 5) is 23.6. The Morgan fingerprint density at radius 3 is 2.75 bits per heavy atom. The standard InChI is InChI=1S/C21H18FNO5/c1-14(18-7-4-12-26-18)23-20(24)13-27-21(25)11-9-15-8-10-19(28-15)16-5-2-3-6-17(16)22/h2-12,14H,13H2,1H3,(H,23,24)/b11-9+/t14-/m1/s1. The third-order valence-corrected chi connectivity index (χ3v) is 3.84. The third-order valence-electron chi connectivity index (χ3n) is 3.84. The van der Waals surface area contributed by atoms with Crippen LogP contribution in [0.2, 0.25) is 0 Å². The third kappa shape index (κ3) is 4.97. The van der Waals surface area contributed by atoms with Crippen molar-refractivity contribution in [1.82, 2.24) is 5.32 Å². The average Bonchev–Trinajstić information content (AvgIpc) is 3.37. The lowest BCUT2D eigenvalue weighted by Crippen LogP contribution is -2.30. The molecule has 0 unspecified atom stereocenters. The highest BCUT2D eigenvalue weighted by atomic mass is 19.1. The molecule has 0 radical (unpaired) electrons. The number of furan rings is 2. The topological polar surface area (TPSA) is 81.7 Å². The van der Waals surface area contributed by atoms with Crippen LogP contribution in [0, 0.1) is 5.82 Å². The number of carbonyl (C=O) groups is 2. The first kappa shape index (κ1) is 19.2. The quantitative estimate of drug-likeness (QED) is 0.490. The molecule has 3 aromatic rings. The van der Waals surface area contributed by atoms with Crippen LogP contribution in [-0.2, 0) is 14.3 Å². The van der Waals surface area contributed by atoms with Crippen molar-refractivity contribution in [2.45, 2.75) is 13.0 Å². The Kier molecular flexibility index (Phi) is 6.06. The number of carbonyl (C=O) groups excluding carboxylic acids is 2. The van der Waals surface area contributed by atoms with Crippen molar-refractivity contribution in [2.24, 2.45) is 0 Å². The number of nitrogens with one attached hydrogen (secondary N) is 1. The molecular formula is C21H18FNO5. The summed E-state index contributed by atoms with van der Waals surface area (Å²) in [5.74, 6) is -0.261. The smallest absolute Gasteiger partial charge is 0.331 e. The molecule has 144 valence electrons. The minimum Gasteiger partial charge on any atom is -0.467 e. The van der Waals surface area contributed by atoms with Crippen molar-refractivity contribution in [1.29, 1.82) is 0 Å². The molecule has 0 spiro atoms. The predicted octanol–water partition coefficient (Wildman–Crippen LogP) is 4.11. The Morgan fingerprint density at radius 1 is 1.18 bits per heavy atom. The van der Waals surface area contributed by atoms with Gasteiger partial charge in [-0.2, -0.15) is 0 Å². The van der Waals surface area contributed by atoms with Crippen LogP contribution in [-0.4, -0.2) is 18.5 Å². The summed E-state index contributed by atoms with van der Waals surface area (Å²) in [5, 5.41) is 2.65. The fourth-order valence-electron chi connectivity index (χ4n) is 2.48. The number of ether oxygens (including phenoxy) is 1. The summed E-state index contributed by atoms with van der Waals surface area (Å²) in [6, 6.07) is 12.5. The maximum absolute atomic E-state index is 13.8. The molecule has 2 aromatic heterocycles. The summed E-state index contributed by atoms with van der Waals surface area (Å²) in [6.07, 6.45) is 4.03. The van der Waals surface area contributed by atoms with Crippen molar-refractivity contribution < 1.29 is 27.6 Å². The molecule has 2 heterocycles. The van der Waals surface area contributed by atoms with Gasteiger partial charge in [-0.1, -0.05) is 12.1 Å². The fourth-order valence-corrected chi connectivity index (χ4v) is 2.48. The van der Waals surface area contributed by atoms with Crippen LogP contribution < -0.4 is 5.32 Å². The molecule has 1 N–H and O–H groups in total. The minimum atomic E-state index is -0.704. The van der Waals surface area contributed by atoms with Gasteiger partial charge < -0.3 is 18.9 Å². The zero-order chi connectivity index (χ0) is 19.9. The highest BCUT2D eigenvalue weighted by Gasteiger charge is 2.13. The van der Waals surface area contributed by atoms with E-state index in [4.69, 9.17) is 13.6 Å². The van der Waals surface area contributed by atoms with E-state index >= 15 is 0 Å². The predicted molar refractivity (Wildman–Crippen MR) is 99.4 cm³/mol. The number of hydrogen-bond donors (Lipinski definition) is 1. The van der Waals surface area contributed by atoms with E-state index in [0.29, 0.717) is 22.8 Å². The second-order valence-electron chi connectivity index (χ2n) is 5.93. The first-order chi connectivity index (χ1) is 13.5. The summed E-state index contributed by atoms with van der Waals surface area (Å²) in [5.41, 5.74) is 0.326. The van der Waals surface area contributed by atoms with Crippen molar-refractivity contribution in [3.05, 3.63) is 78.2 Å². The second kappa shape index (κ2) is 8.85. The molecule has 1 amide bonds. The van der Waals surface area contributed by atoms with Crippen molar-refractivity contribution in [3.8, 4) is 11.3 Å². The Morgan fingerprint density at radius 2 is 2.00 bits per heavy atom. The van der Waals surface area contributed by atoms with E-state index in [1.165, 1.54) is 18.4 Å². The highest BCUT2D eigenvalue weighted by Crippen LogP contribution is 2.25. The first-order valence-electron chi connectivity index (χ1n) is 8.55.